The van der Waals surface area contributed by atoms with Crippen molar-refractivity contribution in [2.75, 3.05) is 19.0 Å². The smallest absolute Gasteiger partial charge is 0.416 e. The van der Waals surface area contributed by atoms with E-state index in [4.69, 9.17) is 11.5 Å². The highest BCUT2D eigenvalue weighted by Crippen LogP contribution is 2.31. The second-order valence-electron chi connectivity index (χ2n) is 6.77. The highest BCUT2D eigenvalue weighted by atomic mass is 19.4. The molecule has 0 radical (unpaired) electrons. The van der Waals surface area contributed by atoms with Crippen LogP contribution in [-0.4, -0.2) is 31.2 Å². The van der Waals surface area contributed by atoms with Gasteiger partial charge in [-0.3, -0.25) is 0 Å². The van der Waals surface area contributed by atoms with Crippen molar-refractivity contribution < 1.29 is 27.5 Å². The van der Waals surface area contributed by atoms with Crippen LogP contribution >= 0.6 is 0 Å². The second kappa shape index (κ2) is 8.52. The first kappa shape index (κ1) is 22.2. The number of hydrogen-bond acceptors (Lipinski definition) is 4. The number of alkyl halides is 3. The summed E-state index contributed by atoms with van der Waals surface area (Å²) in [5, 5.41) is 9.25. The summed E-state index contributed by atoms with van der Waals surface area (Å²) >= 11 is 0. The fourth-order valence-electron chi connectivity index (χ4n) is 2.85. The summed E-state index contributed by atoms with van der Waals surface area (Å²) in [5.74, 6) is -2.09. The van der Waals surface area contributed by atoms with Crippen molar-refractivity contribution >= 4 is 17.4 Å². The van der Waals surface area contributed by atoms with E-state index in [2.05, 4.69) is 0 Å². The molecule has 0 saturated heterocycles. The van der Waals surface area contributed by atoms with Gasteiger partial charge >= 0.3 is 12.1 Å². The molecule has 0 aromatic heterocycles. The molecule has 0 fully saturated rings. The molecule has 2 aromatic rings. The number of rotatable bonds is 6. The standard InChI is InChI=1S/C20H21F4N3O2/c1-27(2)18-8-12(3-4-16(18)19(28)29)17(26)10-15(25)7-11-5-13(20(22,23)24)9-14(21)6-11/h3-6,8-10,15H,7,25-26H2,1-2H3,(H,28,29)/b17-10-. The van der Waals surface area contributed by atoms with Crippen LogP contribution in [0.3, 0.4) is 0 Å². The molecule has 5 N–H and O–H groups in total. The van der Waals surface area contributed by atoms with Gasteiger partial charge in [-0.15, -0.1) is 0 Å². The van der Waals surface area contributed by atoms with Crippen LogP contribution in [0.1, 0.15) is 27.0 Å². The number of anilines is 1. The normalized spacial score (nSPS) is 13.3. The first-order valence-electron chi connectivity index (χ1n) is 8.53. The second-order valence-corrected chi connectivity index (χ2v) is 6.77. The van der Waals surface area contributed by atoms with Crippen LogP contribution in [-0.2, 0) is 12.6 Å². The van der Waals surface area contributed by atoms with E-state index < -0.39 is 29.6 Å². The molecule has 0 aliphatic heterocycles. The minimum Gasteiger partial charge on any atom is -0.478 e. The Kier molecular flexibility index (Phi) is 6.53. The maximum absolute atomic E-state index is 13.5. The van der Waals surface area contributed by atoms with E-state index in [-0.39, 0.29) is 23.2 Å². The van der Waals surface area contributed by atoms with Gasteiger partial charge in [-0.2, -0.15) is 13.2 Å². The molecule has 156 valence electrons. The third-order valence-electron chi connectivity index (χ3n) is 4.19. The number of carbonyl (C=O) groups is 1. The molecule has 2 aromatic carbocycles. The lowest BCUT2D eigenvalue weighted by molar-refractivity contribution is -0.137. The number of carboxylic acids is 1. The van der Waals surface area contributed by atoms with Gasteiger partial charge in [-0.05, 0) is 54.0 Å². The van der Waals surface area contributed by atoms with Gasteiger partial charge in [-0.1, -0.05) is 6.07 Å². The molecule has 2 rings (SSSR count). The number of hydrogen-bond donors (Lipinski definition) is 3. The summed E-state index contributed by atoms with van der Waals surface area (Å²) in [7, 11) is 3.36. The minimum absolute atomic E-state index is 0.0602. The molecule has 0 amide bonds. The summed E-state index contributed by atoms with van der Waals surface area (Å²) in [5.41, 5.74) is 12.3. The molecule has 0 heterocycles. The van der Waals surface area contributed by atoms with Crippen LogP contribution in [0.15, 0.2) is 42.5 Å². The molecule has 5 nitrogen and oxygen atoms in total. The van der Waals surface area contributed by atoms with E-state index >= 15 is 0 Å². The summed E-state index contributed by atoms with van der Waals surface area (Å²) < 4.78 is 52.0. The Hall–Kier alpha value is -3.07. The first-order valence-corrected chi connectivity index (χ1v) is 8.53. The summed E-state index contributed by atoms with van der Waals surface area (Å²) in [6, 6.07) is 5.97. The predicted molar refractivity (Wildman–Crippen MR) is 103 cm³/mol. The lowest BCUT2D eigenvalue weighted by atomic mass is 10.0. The van der Waals surface area contributed by atoms with E-state index in [0.29, 0.717) is 17.3 Å². The number of nitrogens with zero attached hydrogens (tertiary/aromatic N) is 1. The van der Waals surface area contributed by atoms with Gasteiger partial charge in [-0.25, -0.2) is 9.18 Å². The van der Waals surface area contributed by atoms with Gasteiger partial charge in [0.25, 0.3) is 0 Å². The van der Waals surface area contributed by atoms with Crippen LogP contribution in [0.25, 0.3) is 5.70 Å². The fraction of sp³-hybridized carbons (Fsp3) is 0.250. The monoisotopic (exact) mass is 411 g/mol. The number of halogens is 4. The lowest BCUT2D eigenvalue weighted by Gasteiger charge is -2.17. The highest BCUT2D eigenvalue weighted by molar-refractivity contribution is 5.95. The number of carboxylic acid groups (broad SMARTS) is 1. The largest absolute Gasteiger partial charge is 0.478 e. The Balaban J connectivity index is 2.27. The summed E-state index contributed by atoms with van der Waals surface area (Å²) in [4.78, 5) is 12.9. The zero-order valence-electron chi connectivity index (χ0n) is 15.8. The fourth-order valence-corrected chi connectivity index (χ4v) is 2.85. The van der Waals surface area contributed by atoms with Crippen LogP contribution in [0.2, 0.25) is 0 Å². The van der Waals surface area contributed by atoms with Gasteiger partial charge in [0.1, 0.15) is 5.82 Å². The average Bonchev–Trinajstić information content (AvgIpc) is 2.59. The van der Waals surface area contributed by atoms with Crippen molar-refractivity contribution in [3.8, 4) is 0 Å². The molecule has 0 aliphatic carbocycles. The Morgan fingerprint density at radius 1 is 1.21 bits per heavy atom. The maximum atomic E-state index is 13.5. The molecule has 0 spiro atoms. The van der Waals surface area contributed by atoms with E-state index in [1.54, 1.807) is 25.1 Å². The van der Waals surface area contributed by atoms with Crippen molar-refractivity contribution in [3.05, 3.63) is 70.5 Å². The summed E-state index contributed by atoms with van der Waals surface area (Å²) in [6.45, 7) is 0. The molecule has 9 heteroatoms. The highest BCUT2D eigenvalue weighted by Gasteiger charge is 2.31. The molecule has 0 saturated carbocycles. The van der Waals surface area contributed by atoms with E-state index in [0.717, 1.165) is 12.1 Å². The van der Waals surface area contributed by atoms with Crippen LogP contribution < -0.4 is 16.4 Å². The molecule has 29 heavy (non-hydrogen) atoms. The van der Waals surface area contributed by atoms with E-state index in [9.17, 15) is 27.5 Å². The topological polar surface area (TPSA) is 92.6 Å². The van der Waals surface area contributed by atoms with Gasteiger partial charge in [0.15, 0.2) is 0 Å². The molecule has 1 unspecified atom stereocenters. The number of nitrogens with two attached hydrogens (primary N) is 2. The van der Waals surface area contributed by atoms with E-state index in [1.165, 1.54) is 18.2 Å². The Bertz CT molecular complexity index is 940. The zero-order chi connectivity index (χ0) is 21.9. The van der Waals surface area contributed by atoms with Gasteiger partial charge in [0.05, 0.1) is 16.8 Å². The minimum atomic E-state index is -4.66. The number of aromatic carboxylic acids is 1. The molecular formula is C20H21F4N3O2. The Morgan fingerprint density at radius 3 is 2.41 bits per heavy atom. The third kappa shape index (κ3) is 5.71. The van der Waals surface area contributed by atoms with Gasteiger partial charge < -0.3 is 21.5 Å². The predicted octanol–water partition coefficient (Wildman–Crippen LogP) is 3.48. The van der Waals surface area contributed by atoms with Gasteiger partial charge in [0, 0.05) is 25.8 Å². The van der Waals surface area contributed by atoms with Crippen molar-refractivity contribution in [3.63, 3.8) is 0 Å². The molecule has 0 bridgehead atoms. The quantitative estimate of drug-likeness (QED) is 0.633. The third-order valence-corrected chi connectivity index (χ3v) is 4.19. The van der Waals surface area contributed by atoms with Crippen molar-refractivity contribution in [2.24, 2.45) is 11.5 Å². The van der Waals surface area contributed by atoms with Crippen LogP contribution in [0.5, 0.6) is 0 Å². The zero-order valence-corrected chi connectivity index (χ0v) is 15.8. The SMILES string of the molecule is CN(C)c1cc(/C(N)=C/C(N)Cc2cc(F)cc(C(F)(F)F)c2)ccc1C(=O)O. The molecule has 1 atom stereocenters. The first-order chi connectivity index (χ1) is 13.4. The Labute approximate surface area is 165 Å². The number of benzene rings is 2. The van der Waals surface area contributed by atoms with Gasteiger partial charge in [0.2, 0.25) is 0 Å². The van der Waals surface area contributed by atoms with Crippen LogP contribution in [0.4, 0.5) is 23.2 Å². The molecule has 0 aliphatic rings. The summed E-state index contributed by atoms with van der Waals surface area (Å²) in [6.07, 6.45) is -3.28. The van der Waals surface area contributed by atoms with Crippen molar-refractivity contribution in [2.45, 2.75) is 18.6 Å². The van der Waals surface area contributed by atoms with Crippen LogP contribution in [0, 0.1) is 5.82 Å². The Morgan fingerprint density at radius 2 is 1.86 bits per heavy atom. The van der Waals surface area contributed by atoms with Crippen molar-refractivity contribution in [1.82, 2.24) is 0 Å². The average molecular weight is 411 g/mol. The lowest BCUT2D eigenvalue weighted by Crippen LogP contribution is -2.22. The van der Waals surface area contributed by atoms with E-state index in [1.807, 2.05) is 0 Å². The van der Waals surface area contributed by atoms with Crippen molar-refractivity contribution in [1.29, 1.82) is 0 Å². The molecular weight excluding hydrogens is 390 g/mol. The maximum Gasteiger partial charge on any atom is 0.416 e.